The normalized spacial score (nSPS) is 29.1. The van der Waals surface area contributed by atoms with E-state index in [0.29, 0.717) is 19.0 Å². The van der Waals surface area contributed by atoms with Crippen LogP contribution >= 0.6 is 12.4 Å². The first-order valence-corrected chi connectivity index (χ1v) is 8.27. The summed E-state index contributed by atoms with van der Waals surface area (Å²) < 4.78 is 0. The van der Waals surface area contributed by atoms with Crippen molar-refractivity contribution >= 4 is 18.3 Å². The SMILES string of the molecule is Cl.NCCCNC(=O)C1(Cc2ccccc2)CC2CCC1C2. The van der Waals surface area contributed by atoms with E-state index in [1.807, 2.05) is 6.07 Å². The number of halogens is 1. The van der Waals surface area contributed by atoms with Crippen molar-refractivity contribution in [2.24, 2.45) is 23.0 Å². The zero-order valence-electron chi connectivity index (χ0n) is 13.1. The van der Waals surface area contributed by atoms with E-state index in [0.717, 1.165) is 25.2 Å². The van der Waals surface area contributed by atoms with Crippen LogP contribution in [0.4, 0.5) is 0 Å². The molecule has 0 aromatic heterocycles. The Morgan fingerprint density at radius 2 is 2.05 bits per heavy atom. The first-order valence-electron chi connectivity index (χ1n) is 8.27. The minimum atomic E-state index is -0.168. The Morgan fingerprint density at radius 3 is 2.64 bits per heavy atom. The molecule has 3 N–H and O–H groups in total. The summed E-state index contributed by atoms with van der Waals surface area (Å²) in [5, 5.41) is 3.15. The van der Waals surface area contributed by atoms with Gasteiger partial charge in [0.05, 0.1) is 5.41 Å². The Bertz CT molecular complexity index is 493. The molecule has 2 bridgehead atoms. The monoisotopic (exact) mass is 322 g/mol. The zero-order valence-corrected chi connectivity index (χ0v) is 13.9. The topological polar surface area (TPSA) is 55.1 Å². The fraction of sp³-hybridized carbons (Fsp3) is 0.611. The molecule has 1 aromatic carbocycles. The summed E-state index contributed by atoms with van der Waals surface area (Å²) in [5.41, 5.74) is 6.66. The molecule has 1 aromatic rings. The van der Waals surface area contributed by atoms with E-state index in [1.54, 1.807) is 0 Å². The van der Waals surface area contributed by atoms with Gasteiger partial charge in [0.1, 0.15) is 0 Å². The number of nitrogens with one attached hydrogen (secondary N) is 1. The predicted molar refractivity (Wildman–Crippen MR) is 92.0 cm³/mol. The van der Waals surface area contributed by atoms with Crippen molar-refractivity contribution in [2.45, 2.75) is 38.5 Å². The van der Waals surface area contributed by atoms with Gasteiger partial charge in [-0.2, -0.15) is 0 Å². The summed E-state index contributed by atoms with van der Waals surface area (Å²) in [4.78, 5) is 12.9. The lowest BCUT2D eigenvalue weighted by Gasteiger charge is -2.36. The number of benzene rings is 1. The van der Waals surface area contributed by atoms with Crippen molar-refractivity contribution in [2.75, 3.05) is 13.1 Å². The molecule has 2 fully saturated rings. The lowest BCUT2D eigenvalue weighted by molar-refractivity contribution is -0.134. The van der Waals surface area contributed by atoms with Gasteiger partial charge in [0.25, 0.3) is 0 Å². The molecule has 3 atom stereocenters. The average molecular weight is 323 g/mol. The average Bonchev–Trinajstić information content (AvgIpc) is 3.10. The molecular formula is C18H27ClN2O. The minimum absolute atomic E-state index is 0. The van der Waals surface area contributed by atoms with Crippen LogP contribution in [0.15, 0.2) is 30.3 Å². The standard InChI is InChI=1S/C18H26N2O.ClH/c19-9-4-10-20-17(21)18(12-14-5-2-1-3-6-14)13-15-7-8-16(18)11-15;/h1-3,5-6,15-16H,4,7-13,19H2,(H,20,21);1H. The third kappa shape index (κ3) is 3.31. The van der Waals surface area contributed by atoms with Gasteiger partial charge in [-0.1, -0.05) is 36.8 Å². The Balaban J connectivity index is 0.00000176. The Labute approximate surface area is 139 Å². The van der Waals surface area contributed by atoms with Crippen LogP contribution in [0.3, 0.4) is 0 Å². The number of hydrogen-bond acceptors (Lipinski definition) is 2. The number of fused-ring (bicyclic) bond motifs is 2. The fourth-order valence-corrected chi connectivity index (χ4v) is 4.46. The van der Waals surface area contributed by atoms with E-state index in [1.165, 1.54) is 24.8 Å². The second-order valence-electron chi connectivity index (χ2n) is 6.80. The van der Waals surface area contributed by atoms with E-state index in [-0.39, 0.29) is 23.7 Å². The van der Waals surface area contributed by atoms with E-state index in [2.05, 4.69) is 29.6 Å². The summed E-state index contributed by atoms with van der Waals surface area (Å²) in [6, 6.07) is 10.5. The molecule has 122 valence electrons. The molecule has 3 nitrogen and oxygen atoms in total. The van der Waals surface area contributed by atoms with Crippen molar-refractivity contribution in [3.8, 4) is 0 Å². The van der Waals surface area contributed by atoms with Gasteiger partial charge in [-0.05, 0) is 56.0 Å². The van der Waals surface area contributed by atoms with Crippen LogP contribution in [-0.2, 0) is 11.2 Å². The summed E-state index contributed by atoms with van der Waals surface area (Å²) in [7, 11) is 0. The molecule has 2 aliphatic carbocycles. The molecule has 1 amide bonds. The van der Waals surface area contributed by atoms with E-state index in [4.69, 9.17) is 5.73 Å². The Morgan fingerprint density at radius 1 is 1.27 bits per heavy atom. The quantitative estimate of drug-likeness (QED) is 0.791. The van der Waals surface area contributed by atoms with Gasteiger partial charge in [-0.15, -0.1) is 12.4 Å². The largest absolute Gasteiger partial charge is 0.356 e. The molecule has 2 aliphatic rings. The minimum Gasteiger partial charge on any atom is -0.356 e. The van der Waals surface area contributed by atoms with Crippen LogP contribution in [0.5, 0.6) is 0 Å². The number of nitrogens with two attached hydrogens (primary N) is 1. The van der Waals surface area contributed by atoms with Crippen molar-refractivity contribution in [1.29, 1.82) is 0 Å². The van der Waals surface area contributed by atoms with Crippen LogP contribution < -0.4 is 11.1 Å². The summed E-state index contributed by atoms with van der Waals surface area (Å²) in [6.45, 7) is 1.35. The smallest absolute Gasteiger partial charge is 0.226 e. The summed E-state index contributed by atoms with van der Waals surface area (Å²) >= 11 is 0. The van der Waals surface area contributed by atoms with E-state index in [9.17, 15) is 4.79 Å². The maximum atomic E-state index is 12.9. The highest BCUT2D eigenvalue weighted by Gasteiger charge is 2.54. The Kier molecular flexibility index (Phi) is 5.87. The van der Waals surface area contributed by atoms with Gasteiger partial charge in [-0.3, -0.25) is 4.79 Å². The number of rotatable bonds is 6. The molecule has 0 radical (unpaired) electrons. The van der Waals surface area contributed by atoms with Gasteiger partial charge in [-0.25, -0.2) is 0 Å². The molecule has 4 heteroatoms. The number of carbonyl (C=O) groups is 1. The molecule has 3 unspecified atom stereocenters. The first kappa shape index (κ1) is 17.3. The van der Waals surface area contributed by atoms with Gasteiger partial charge in [0, 0.05) is 6.54 Å². The predicted octanol–water partition coefficient (Wildman–Crippen LogP) is 2.92. The molecule has 0 spiro atoms. The maximum absolute atomic E-state index is 12.9. The van der Waals surface area contributed by atoms with Crippen molar-refractivity contribution in [3.63, 3.8) is 0 Å². The van der Waals surface area contributed by atoms with Crippen molar-refractivity contribution < 1.29 is 4.79 Å². The molecular weight excluding hydrogens is 296 g/mol. The van der Waals surface area contributed by atoms with Crippen LogP contribution in [0.25, 0.3) is 0 Å². The summed E-state index contributed by atoms with van der Waals surface area (Å²) in [5.74, 6) is 1.60. The lowest BCUT2D eigenvalue weighted by atomic mass is 9.68. The van der Waals surface area contributed by atoms with Gasteiger partial charge in [0.2, 0.25) is 5.91 Å². The molecule has 0 aliphatic heterocycles. The van der Waals surface area contributed by atoms with Gasteiger partial charge in [0.15, 0.2) is 0 Å². The number of hydrogen-bond donors (Lipinski definition) is 2. The molecule has 22 heavy (non-hydrogen) atoms. The highest BCUT2D eigenvalue weighted by molar-refractivity contribution is 5.85. The van der Waals surface area contributed by atoms with E-state index >= 15 is 0 Å². The molecule has 2 saturated carbocycles. The van der Waals surface area contributed by atoms with Crippen LogP contribution in [0, 0.1) is 17.3 Å². The maximum Gasteiger partial charge on any atom is 0.226 e. The van der Waals surface area contributed by atoms with Gasteiger partial charge < -0.3 is 11.1 Å². The lowest BCUT2D eigenvalue weighted by Crippen LogP contribution is -2.46. The highest BCUT2D eigenvalue weighted by atomic mass is 35.5. The van der Waals surface area contributed by atoms with Crippen LogP contribution in [0.2, 0.25) is 0 Å². The van der Waals surface area contributed by atoms with Crippen molar-refractivity contribution in [1.82, 2.24) is 5.32 Å². The zero-order chi connectivity index (χ0) is 14.7. The number of carbonyl (C=O) groups excluding carboxylic acids is 1. The van der Waals surface area contributed by atoms with E-state index < -0.39 is 0 Å². The second-order valence-corrected chi connectivity index (χ2v) is 6.80. The Hall–Kier alpha value is -1.06. The molecule has 3 rings (SSSR count). The van der Waals surface area contributed by atoms with Crippen molar-refractivity contribution in [3.05, 3.63) is 35.9 Å². The molecule has 0 heterocycles. The molecule has 0 saturated heterocycles. The van der Waals surface area contributed by atoms with Crippen LogP contribution in [0.1, 0.15) is 37.7 Å². The van der Waals surface area contributed by atoms with Gasteiger partial charge >= 0.3 is 0 Å². The van der Waals surface area contributed by atoms with Crippen LogP contribution in [-0.4, -0.2) is 19.0 Å². The summed E-state index contributed by atoms with van der Waals surface area (Å²) in [6.07, 6.45) is 6.61. The fourth-order valence-electron chi connectivity index (χ4n) is 4.46. The highest BCUT2D eigenvalue weighted by Crippen LogP contribution is 2.57. The second kappa shape index (κ2) is 7.47. The third-order valence-electron chi connectivity index (χ3n) is 5.46. The third-order valence-corrected chi connectivity index (χ3v) is 5.46. The number of amides is 1. The first-order chi connectivity index (χ1) is 10.2.